The van der Waals surface area contributed by atoms with E-state index in [9.17, 15) is 9.90 Å². The van der Waals surface area contributed by atoms with Gasteiger partial charge in [-0.3, -0.25) is 4.90 Å². The highest BCUT2D eigenvalue weighted by Crippen LogP contribution is 2.37. The molecule has 0 spiro atoms. The first kappa shape index (κ1) is 19.3. The van der Waals surface area contributed by atoms with E-state index in [-0.39, 0.29) is 12.6 Å². The number of fused-ring (bicyclic) bond motifs is 1. The molecule has 2 aromatic rings. The smallest absolute Gasteiger partial charge is 0.330 e. The second-order valence-corrected chi connectivity index (χ2v) is 6.99. The van der Waals surface area contributed by atoms with Crippen LogP contribution in [0.5, 0.6) is 0 Å². The highest BCUT2D eigenvalue weighted by Gasteiger charge is 2.28. The zero-order chi connectivity index (χ0) is 19.2. The zero-order valence-electron chi connectivity index (χ0n) is 16.0. The molecular weight excluding hydrogens is 338 g/mol. The van der Waals surface area contributed by atoms with E-state index in [4.69, 9.17) is 0 Å². The number of rotatable bonds is 7. The van der Waals surface area contributed by atoms with Gasteiger partial charge >= 0.3 is 5.97 Å². The second kappa shape index (κ2) is 8.98. The molecule has 0 bridgehead atoms. The monoisotopic (exact) mass is 365 g/mol. The summed E-state index contributed by atoms with van der Waals surface area (Å²) < 4.78 is 4.65. The van der Waals surface area contributed by atoms with Gasteiger partial charge in [0.2, 0.25) is 0 Å². The molecule has 0 saturated carbocycles. The summed E-state index contributed by atoms with van der Waals surface area (Å²) in [5.74, 6) is -0.347. The largest absolute Gasteiger partial charge is 0.466 e. The van der Waals surface area contributed by atoms with Crippen LogP contribution >= 0.6 is 0 Å². The van der Waals surface area contributed by atoms with Crippen molar-refractivity contribution in [3.63, 3.8) is 0 Å². The van der Waals surface area contributed by atoms with Crippen LogP contribution in [-0.2, 0) is 22.5 Å². The molecule has 1 aliphatic rings. The fourth-order valence-corrected chi connectivity index (χ4v) is 3.81. The van der Waals surface area contributed by atoms with E-state index in [1.807, 2.05) is 6.07 Å². The molecule has 4 heteroatoms. The number of nitrogens with zero attached hydrogens (tertiary/aromatic N) is 1. The summed E-state index contributed by atoms with van der Waals surface area (Å²) >= 11 is 0. The summed E-state index contributed by atoms with van der Waals surface area (Å²) in [6.07, 6.45) is 5.30. The Morgan fingerprint density at radius 3 is 2.85 bits per heavy atom. The number of benzene rings is 2. The van der Waals surface area contributed by atoms with E-state index in [1.54, 1.807) is 6.08 Å². The van der Waals surface area contributed by atoms with Crippen molar-refractivity contribution in [1.29, 1.82) is 0 Å². The highest BCUT2D eigenvalue weighted by molar-refractivity contribution is 5.86. The minimum Gasteiger partial charge on any atom is -0.466 e. The van der Waals surface area contributed by atoms with E-state index in [1.165, 1.54) is 35.4 Å². The van der Waals surface area contributed by atoms with Crippen LogP contribution in [0.15, 0.2) is 48.5 Å². The lowest BCUT2D eigenvalue weighted by atomic mass is 10.0. The summed E-state index contributed by atoms with van der Waals surface area (Å²) in [4.78, 5) is 13.7. The Hall–Kier alpha value is -2.43. The molecule has 0 aliphatic heterocycles. The number of methoxy groups -OCH3 is 1. The van der Waals surface area contributed by atoms with Crippen LogP contribution in [0.4, 0.5) is 0 Å². The predicted molar refractivity (Wildman–Crippen MR) is 107 cm³/mol. The van der Waals surface area contributed by atoms with E-state index >= 15 is 0 Å². The fraction of sp³-hybridized carbons (Fsp3) is 0.348. The Kier molecular flexibility index (Phi) is 6.43. The molecule has 142 valence electrons. The fourth-order valence-electron chi connectivity index (χ4n) is 3.81. The molecule has 1 N–H and O–H groups in total. The van der Waals surface area contributed by atoms with Crippen molar-refractivity contribution in [2.24, 2.45) is 0 Å². The second-order valence-electron chi connectivity index (χ2n) is 6.99. The van der Waals surface area contributed by atoms with Crippen molar-refractivity contribution in [3.05, 3.63) is 76.4 Å². The van der Waals surface area contributed by atoms with Crippen molar-refractivity contribution in [3.8, 4) is 0 Å². The molecule has 27 heavy (non-hydrogen) atoms. The third-order valence-electron chi connectivity index (χ3n) is 5.29. The molecule has 2 aromatic carbocycles. The van der Waals surface area contributed by atoms with Crippen molar-refractivity contribution >= 4 is 12.0 Å². The standard InChI is InChI=1S/C23H27NO3/c1-17-5-3-4-6-20(17)16-24(13-14-25)22-11-9-19-15-18(7-10-21(19)22)8-12-23(26)27-2/h3-8,10,12,15,22,25H,9,11,13-14,16H2,1-2H3/b12-8+. The van der Waals surface area contributed by atoms with E-state index < -0.39 is 0 Å². The number of aliphatic hydroxyl groups is 1. The molecule has 0 saturated heterocycles. The Labute approximate surface area is 161 Å². The van der Waals surface area contributed by atoms with Gasteiger partial charge in [-0.15, -0.1) is 0 Å². The topological polar surface area (TPSA) is 49.8 Å². The van der Waals surface area contributed by atoms with Gasteiger partial charge in [0.25, 0.3) is 0 Å². The predicted octanol–water partition coefficient (Wildman–Crippen LogP) is 3.66. The van der Waals surface area contributed by atoms with Gasteiger partial charge in [0.1, 0.15) is 0 Å². The third-order valence-corrected chi connectivity index (χ3v) is 5.29. The van der Waals surface area contributed by atoms with Crippen molar-refractivity contribution in [2.75, 3.05) is 20.3 Å². The van der Waals surface area contributed by atoms with Gasteiger partial charge in [0.05, 0.1) is 13.7 Å². The van der Waals surface area contributed by atoms with Gasteiger partial charge < -0.3 is 9.84 Å². The quantitative estimate of drug-likeness (QED) is 0.601. The first-order chi connectivity index (χ1) is 13.1. The van der Waals surface area contributed by atoms with Crippen molar-refractivity contribution < 1.29 is 14.6 Å². The SMILES string of the molecule is COC(=O)/C=C/c1ccc2c(c1)CCC2N(CCO)Cc1ccccc1C. The maximum atomic E-state index is 11.3. The number of carbonyl (C=O) groups is 1. The van der Waals surface area contributed by atoms with E-state index in [0.717, 1.165) is 24.9 Å². The minimum atomic E-state index is -0.347. The molecule has 0 amide bonds. The minimum absolute atomic E-state index is 0.150. The van der Waals surface area contributed by atoms with Crippen molar-refractivity contribution in [1.82, 2.24) is 4.90 Å². The van der Waals surface area contributed by atoms with Crippen LogP contribution in [0.2, 0.25) is 0 Å². The van der Waals surface area contributed by atoms with Gasteiger partial charge in [0.15, 0.2) is 0 Å². The van der Waals surface area contributed by atoms with Crippen LogP contribution < -0.4 is 0 Å². The summed E-state index contributed by atoms with van der Waals surface area (Å²) in [5, 5.41) is 9.59. The zero-order valence-corrected chi connectivity index (χ0v) is 16.0. The molecule has 0 fully saturated rings. The molecule has 1 aliphatic carbocycles. The number of esters is 1. The lowest BCUT2D eigenvalue weighted by Gasteiger charge is -2.29. The molecular formula is C23H27NO3. The first-order valence-corrected chi connectivity index (χ1v) is 9.40. The number of aryl methyl sites for hydroxylation is 2. The Morgan fingerprint density at radius 1 is 1.30 bits per heavy atom. The Balaban J connectivity index is 1.80. The molecule has 1 unspecified atom stereocenters. The van der Waals surface area contributed by atoms with Gasteiger partial charge in [-0.1, -0.05) is 42.5 Å². The van der Waals surface area contributed by atoms with Crippen molar-refractivity contribution in [2.45, 2.75) is 32.4 Å². The molecule has 3 rings (SSSR count). The normalized spacial score (nSPS) is 16.1. The molecule has 4 nitrogen and oxygen atoms in total. The van der Waals surface area contributed by atoms with Gasteiger partial charge in [-0.25, -0.2) is 4.79 Å². The third kappa shape index (κ3) is 4.65. The Morgan fingerprint density at radius 2 is 2.11 bits per heavy atom. The lowest BCUT2D eigenvalue weighted by Crippen LogP contribution is -2.30. The number of hydrogen-bond donors (Lipinski definition) is 1. The lowest BCUT2D eigenvalue weighted by molar-refractivity contribution is -0.134. The maximum absolute atomic E-state index is 11.3. The van der Waals surface area contributed by atoms with Crippen LogP contribution in [0.1, 0.15) is 40.3 Å². The molecule has 1 atom stereocenters. The summed E-state index contributed by atoms with van der Waals surface area (Å²) in [7, 11) is 1.38. The number of hydrogen-bond acceptors (Lipinski definition) is 4. The van der Waals surface area contributed by atoms with Gasteiger partial charge in [-0.05, 0) is 53.7 Å². The van der Waals surface area contributed by atoms with E-state index in [0.29, 0.717) is 12.6 Å². The van der Waals surface area contributed by atoms with Crippen LogP contribution in [-0.4, -0.2) is 36.2 Å². The van der Waals surface area contributed by atoms with Crippen LogP contribution in [0.25, 0.3) is 6.08 Å². The number of aliphatic hydroxyl groups excluding tert-OH is 1. The van der Waals surface area contributed by atoms with Crippen LogP contribution in [0, 0.1) is 6.92 Å². The number of ether oxygens (including phenoxy) is 1. The van der Waals surface area contributed by atoms with Gasteiger partial charge in [0, 0.05) is 25.2 Å². The summed E-state index contributed by atoms with van der Waals surface area (Å²) in [6.45, 7) is 3.77. The average Bonchev–Trinajstić information content (AvgIpc) is 3.10. The maximum Gasteiger partial charge on any atom is 0.330 e. The average molecular weight is 365 g/mol. The summed E-state index contributed by atoms with van der Waals surface area (Å²) in [6, 6.07) is 15.1. The Bertz CT molecular complexity index is 828. The van der Waals surface area contributed by atoms with E-state index in [2.05, 4.69) is 53.0 Å². The molecule has 0 radical (unpaired) electrons. The van der Waals surface area contributed by atoms with Crippen LogP contribution in [0.3, 0.4) is 0 Å². The van der Waals surface area contributed by atoms with Gasteiger partial charge in [-0.2, -0.15) is 0 Å². The highest BCUT2D eigenvalue weighted by atomic mass is 16.5. The number of carbonyl (C=O) groups excluding carboxylic acids is 1. The first-order valence-electron chi connectivity index (χ1n) is 9.40. The summed E-state index contributed by atoms with van der Waals surface area (Å²) in [5.41, 5.74) is 6.23. The molecule has 0 aromatic heterocycles. The molecule has 0 heterocycles.